The number of carbonyl (C=O) groups excluding carboxylic acids is 2. The number of pyridine rings is 1. The molecule has 2 heterocycles. The highest BCUT2D eigenvalue weighted by molar-refractivity contribution is 9.10. The Labute approximate surface area is 156 Å². The van der Waals surface area contributed by atoms with Crippen LogP contribution < -0.4 is 4.74 Å². The monoisotopic (exact) mass is 413 g/mol. The molecule has 1 aromatic heterocycles. The first-order valence-electron chi connectivity index (χ1n) is 8.20. The van der Waals surface area contributed by atoms with Crippen molar-refractivity contribution in [2.24, 2.45) is 5.92 Å². The molecule has 0 aliphatic carbocycles. The number of nitrogens with zero attached hydrogens (tertiary/aromatic N) is 3. The third kappa shape index (κ3) is 4.49. The largest absolute Gasteiger partial charge is 0.472 e. The highest BCUT2D eigenvalue weighted by Crippen LogP contribution is 2.28. The first-order valence-corrected chi connectivity index (χ1v) is 8.99. The minimum absolute atomic E-state index is 0.0432. The lowest BCUT2D eigenvalue weighted by Gasteiger charge is -2.37. The predicted octanol–water partition coefficient (Wildman–Crippen LogP) is 1.54. The molecule has 0 unspecified atom stereocenters. The molecule has 1 aromatic rings. The van der Waals surface area contributed by atoms with E-state index in [4.69, 9.17) is 4.74 Å². The number of aliphatic hydroxyl groups is 1. The summed E-state index contributed by atoms with van der Waals surface area (Å²) < 4.78 is 6.69. The van der Waals surface area contributed by atoms with Gasteiger partial charge in [-0.1, -0.05) is 6.92 Å². The average molecular weight is 414 g/mol. The Morgan fingerprint density at radius 3 is 2.88 bits per heavy atom. The van der Waals surface area contributed by atoms with Gasteiger partial charge in [0.15, 0.2) is 0 Å². The maximum Gasteiger partial charge on any atom is 0.259 e. The van der Waals surface area contributed by atoms with Gasteiger partial charge in [0.2, 0.25) is 11.8 Å². The van der Waals surface area contributed by atoms with E-state index in [2.05, 4.69) is 20.9 Å². The first kappa shape index (κ1) is 19.7. The van der Waals surface area contributed by atoms with E-state index in [1.165, 1.54) is 6.92 Å². The zero-order chi connectivity index (χ0) is 18.7. The van der Waals surface area contributed by atoms with Gasteiger partial charge in [-0.2, -0.15) is 0 Å². The number of carbonyl (C=O) groups is 2. The molecule has 0 saturated heterocycles. The van der Waals surface area contributed by atoms with E-state index in [0.717, 1.165) is 0 Å². The van der Waals surface area contributed by atoms with Crippen molar-refractivity contribution in [3.8, 4) is 5.88 Å². The highest BCUT2D eigenvalue weighted by atomic mass is 79.9. The van der Waals surface area contributed by atoms with Crippen molar-refractivity contribution in [3.63, 3.8) is 0 Å². The van der Waals surface area contributed by atoms with Crippen molar-refractivity contribution >= 4 is 27.7 Å². The lowest BCUT2D eigenvalue weighted by Crippen LogP contribution is -2.50. The molecule has 8 heteroatoms. The molecule has 1 aliphatic rings. The molecule has 2 amide bonds. The smallest absolute Gasteiger partial charge is 0.259 e. The fraction of sp³-hybridized carbons (Fsp3) is 0.588. The van der Waals surface area contributed by atoms with E-state index in [9.17, 15) is 14.7 Å². The van der Waals surface area contributed by atoms with Gasteiger partial charge in [0.25, 0.3) is 5.91 Å². The van der Waals surface area contributed by atoms with E-state index < -0.39 is 0 Å². The molecular weight excluding hydrogens is 390 g/mol. The van der Waals surface area contributed by atoms with Crippen molar-refractivity contribution < 1.29 is 19.4 Å². The van der Waals surface area contributed by atoms with Gasteiger partial charge >= 0.3 is 0 Å². The van der Waals surface area contributed by atoms with Crippen molar-refractivity contribution in [2.45, 2.75) is 32.9 Å². The van der Waals surface area contributed by atoms with Gasteiger partial charge in [0, 0.05) is 37.1 Å². The summed E-state index contributed by atoms with van der Waals surface area (Å²) in [5.41, 5.74) is 0.344. The predicted molar refractivity (Wildman–Crippen MR) is 96.4 cm³/mol. The zero-order valence-electron chi connectivity index (χ0n) is 14.9. The number of fused-ring (bicyclic) bond motifs is 1. The van der Waals surface area contributed by atoms with Crippen molar-refractivity contribution in [1.82, 2.24) is 14.8 Å². The molecule has 1 aliphatic heterocycles. The molecule has 0 fully saturated rings. The Bertz CT molecular complexity index is 655. The van der Waals surface area contributed by atoms with E-state index in [1.807, 2.05) is 6.92 Å². The number of hydrogen-bond donors (Lipinski definition) is 1. The number of aromatic nitrogens is 1. The van der Waals surface area contributed by atoms with Gasteiger partial charge in [-0.25, -0.2) is 4.98 Å². The second kappa shape index (κ2) is 8.14. The van der Waals surface area contributed by atoms with Crippen LogP contribution in [-0.4, -0.2) is 70.6 Å². The topological polar surface area (TPSA) is 83.0 Å². The number of likely N-dealkylation sites (N-methyl/N-ethyl adjacent to an activating group) is 1. The van der Waals surface area contributed by atoms with E-state index in [1.54, 1.807) is 36.0 Å². The standard InChI is InChI=1S/C17H24BrN3O4/c1-10-7-21(11(2)9-22)17(24)14-5-13(18)6-19-16(14)25-15(10)8-20(4)12(3)23/h5-6,10-11,15,22H,7-9H2,1-4H3/t10-,11+,15-/m0/s1. The van der Waals surface area contributed by atoms with E-state index in [0.29, 0.717) is 23.1 Å². The molecule has 0 spiro atoms. The summed E-state index contributed by atoms with van der Waals surface area (Å²) >= 11 is 3.33. The maximum absolute atomic E-state index is 12.9. The van der Waals surface area contributed by atoms with Crippen molar-refractivity contribution in [1.29, 1.82) is 0 Å². The fourth-order valence-corrected chi connectivity index (χ4v) is 3.02. The van der Waals surface area contributed by atoms with Crippen LogP contribution in [0.25, 0.3) is 0 Å². The van der Waals surface area contributed by atoms with Gasteiger partial charge in [-0.15, -0.1) is 0 Å². The molecule has 7 nitrogen and oxygen atoms in total. The van der Waals surface area contributed by atoms with Crippen LogP contribution in [-0.2, 0) is 4.79 Å². The Balaban J connectivity index is 2.43. The molecule has 1 N–H and O–H groups in total. The molecule has 2 rings (SSSR count). The molecule has 0 bridgehead atoms. The third-order valence-corrected chi connectivity index (χ3v) is 4.91. The van der Waals surface area contributed by atoms with Crippen LogP contribution in [0, 0.1) is 5.92 Å². The van der Waals surface area contributed by atoms with Crippen LogP contribution in [0.15, 0.2) is 16.7 Å². The molecule has 25 heavy (non-hydrogen) atoms. The van der Waals surface area contributed by atoms with Gasteiger partial charge in [-0.3, -0.25) is 9.59 Å². The van der Waals surface area contributed by atoms with Gasteiger partial charge in [0.05, 0.1) is 19.2 Å². The number of amides is 2. The Morgan fingerprint density at radius 1 is 1.60 bits per heavy atom. The molecular formula is C17H24BrN3O4. The van der Waals surface area contributed by atoms with Gasteiger partial charge in [-0.05, 0) is 28.9 Å². The van der Waals surface area contributed by atoms with Crippen LogP contribution >= 0.6 is 15.9 Å². The quantitative estimate of drug-likeness (QED) is 0.809. The number of hydrogen-bond acceptors (Lipinski definition) is 5. The van der Waals surface area contributed by atoms with E-state index in [-0.39, 0.29) is 42.4 Å². The van der Waals surface area contributed by atoms with Crippen LogP contribution in [0.3, 0.4) is 0 Å². The Kier molecular flexibility index (Phi) is 6.40. The van der Waals surface area contributed by atoms with Crippen molar-refractivity contribution in [2.75, 3.05) is 26.7 Å². The van der Waals surface area contributed by atoms with Crippen LogP contribution in [0.1, 0.15) is 31.1 Å². The summed E-state index contributed by atoms with van der Waals surface area (Å²) in [6, 6.07) is 1.34. The minimum atomic E-state index is -0.328. The second-order valence-corrected chi connectivity index (χ2v) is 7.44. The summed E-state index contributed by atoms with van der Waals surface area (Å²) in [5.74, 6) is -0.0794. The summed E-state index contributed by atoms with van der Waals surface area (Å²) in [7, 11) is 1.71. The molecule has 3 atom stereocenters. The SMILES string of the molecule is CC(=O)N(C)C[C@@H]1Oc2ncc(Br)cc2C(=O)N([C@H](C)CO)C[C@@H]1C. The zero-order valence-corrected chi connectivity index (χ0v) is 16.5. The minimum Gasteiger partial charge on any atom is -0.472 e. The Hall–Kier alpha value is -1.67. The number of ether oxygens (including phenoxy) is 1. The Morgan fingerprint density at radius 2 is 2.28 bits per heavy atom. The number of halogens is 1. The molecule has 0 radical (unpaired) electrons. The van der Waals surface area contributed by atoms with Crippen LogP contribution in [0.5, 0.6) is 5.88 Å². The number of aliphatic hydroxyl groups excluding tert-OH is 1. The summed E-state index contributed by atoms with van der Waals surface area (Å²) in [6.07, 6.45) is 1.26. The second-order valence-electron chi connectivity index (χ2n) is 6.53. The normalized spacial score (nSPS) is 21.7. The van der Waals surface area contributed by atoms with Crippen LogP contribution in [0.4, 0.5) is 0 Å². The first-order chi connectivity index (χ1) is 11.7. The van der Waals surface area contributed by atoms with Gasteiger partial charge in [0.1, 0.15) is 11.7 Å². The van der Waals surface area contributed by atoms with Crippen LogP contribution in [0.2, 0.25) is 0 Å². The lowest BCUT2D eigenvalue weighted by atomic mass is 10.00. The summed E-state index contributed by atoms with van der Waals surface area (Å²) in [4.78, 5) is 32.0. The molecule has 0 aromatic carbocycles. The van der Waals surface area contributed by atoms with Gasteiger partial charge < -0.3 is 19.6 Å². The lowest BCUT2D eigenvalue weighted by molar-refractivity contribution is -0.129. The number of rotatable bonds is 4. The average Bonchev–Trinajstić information content (AvgIpc) is 2.57. The van der Waals surface area contributed by atoms with Crippen molar-refractivity contribution in [3.05, 3.63) is 22.3 Å². The fourth-order valence-electron chi connectivity index (χ4n) is 2.69. The summed E-state index contributed by atoms with van der Waals surface area (Å²) in [6.45, 7) is 5.95. The summed E-state index contributed by atoms with van der Waals surface area (Å²) in [5, 5.41) is 9.54. The van der Waals surface area contributed by atoms with E-state index >= 15 is 0 Å². The molecule has 0 saturated carbocycles. The maximum atomic E-state index is 12.9. The third-order valence-electron chi connectivity index (χ3n) is 4.48. The molecule has 138 valence electrons. The highest BCUT2D eigenvalue weighted by Gasteiger charge is 2.34.